The number of imide groups is 1. The molecule has 2 bridgehead atoms. The van der Waals surface area contributed by atoms with E-state index in [1.807, 2.05) is 6.92 Å². The molecule has 1 aromatic rings. The highest BCUT2D eigenvalue weighted by atomic mass is 16.5. The van der Waals surface area contributed by atoms with Crippen LogP contribution in [-0.4, -0.2) is 35.9 Å². The van der Waals surface area contributed by atoms with Crippen molar-refractivity contribution < 1.29 is 19.1 Å². The molecule has 6 rings (SSSR count). The van der Waals surface area contributed by atoms with Crippen LogP contribution in [0.2, 0.25) is 0 Å². The van der Waals surface area contributed by atoms with Crippen molar-refractivity contribution in [2.75, 3.05) is 18.2 Å². The van der Waals surface area contributed by atoms with Crippen molar-refractivity contribution >= 4 is 23.4 Å². The summed E-state index contributed by atoms with van der Waals surface area (Å²) < 4.78 is 5.45. The number of amides is 3. The maximum absolute atomic E-state index is 13.1. The summed E-state index contributed by atoms with van der Waals surface area (Å²) in [7, 11) is 0. The van der Waals surface area contributed by atoms with E-state index < -0.39 is 0 Å². The average Bonchev–Trinajstić information content (AvgIpc) is 3.47. The van der Waals surface area contributed by atoms with Crippen LogP contribution in [0, 0.1) is 35.5 Å². The first kappa shape index (κ1) is 17.5. The summed E-state index contributed by atoms with van der Waals surface area (Å²) in [6.07, 6.45) is 5.45. The van der Waals surface area contributed by atoms with Gasteiger partial charge < -0.3 is 4.74 Å². The lowest BCUT2D eigenvalue weighted by Crippen LogP contribution is -2.44. The summed E-state index contributed by atoms with van der Waals surface area (Å²) in [5.41, 5.74) is 0.648. The SMILES string of the molecule is CCOc1ccc(N(CN2C(=O)[C@@H]3[C@H]4C=C[C@@H]([C@@H]5C[C@@H]45)[C@@H]3C2=O)C(C)=O)cc1. The van der Waals surface area contributed by atoms with Gasteiger partial charge >= 0.3 is 0 Å². The monoisotopic (exact) mass is 380 g/mol. The summed E-state index contributed by atoms with van der Waals surface area (Å²) in [6.45, 7) is 3.90. The van der Waals surface area contributed by atoms with Crippen molar-refractivity contribution in [2.45, 2.75) is 20.3 Å². The number of likely N-dealkylation sites (tertiary alicyclic amines) is 1. The Labute approximate surface area is 164 Å². The molecule has 0 unspecified atom stereocenters. The Morgan fingerprint density at radius 3 is 2.14 bits per heavy atom. The molecule has 6 heteroatoms. The van der Waals surface area contributed by atoms with Gasteiger partial charge in [0.15, 0.2) is 0 Å². The summed E-state index contributed by atoms with van der Waals surface area (Å²) in [6, 6.07) is 7.15. The minimum atomic E-state index is -0.236. The summed E-state index contributed by atoms with van der Waals surface area (Å²) in [5, 5.41) is 0. The van der Waals surface area contributed by atoms with Crippen molar-refractivity contribution in [3.05, 3.63) is 36.4 Å². The topological polar surface area (TPSA) is 66.9 Å². The van der Waals surface area contributed by atoms with Crippen LogP contribution in [0.4, 0.5) is 5.69 Å². The van der Waals surface area contributed by atoms with Gasteiger partial charge in [-0.3, -0.25) is 24.2 Å². The lowest BCUT2D eigenvalue weighted by atomic mass is 9.63. The third-order valence-corrected chi connectivity index (χ3v) is 6.88. The molecule has 3 amide bonds. The lowest BCUT2D eigenvalue weighted by Gasteiger charge is -2.37. The number of hydrogen-bond acceptors (Lipinski definition) is 4. The highest BCUT2D eigenvalue weighted by Gasteiger charge is 2.67. The fourth-order valence-electron chi connectivity index (χ4n) is 5.55. The molecule has 28 heavy (non-hydrogen) atoms. The van der Waals surface area contributed by atoms with Gasteiger partial charge in [-0.05, 0) is 61.3 Å². The zero-order valence-electron chi connectivity index (χ0n) is 16.1. The third kappa shape index (κ3) is 2.43. The molecule has 3 fully saturated rings. The first-order valence-corrected chi connectivity index (χ1v) is 10.1. The number of allylic oxidation sites excluding steroid dienone is 2. The molecule has 6 atom stereocenters. The maximum atomic E-state index is 13.1. The van der Waals surface area contributed by atoms with Gasteiger partial charge in [0.2, 0.25) is 17.7 Å². The van der Waals surface area contributed by atoms with Crippen molar-refractivity contribution in [1.29, 1.82) is 0 Å². The van der Waals surface area contributed by atoms with E-state index in [1.165, 1.54) is 16.7 Å². The molecule has 1 saturated heterocycles. The Kier molecular flexibility index (Phi) is 3.86. The van der Waals surface area contributed by atoms with Gasteiger partial charge in [-0.15, -0.1) is 0 Å². The fourth-order valence-corrected chi connectivity index (χ4v) is 5.55. The minimum Gasteiger partial charge on any atom is -0.494 e. The van der Waals surface area contributed by atoms with Crippen LogP contribution in [0.15, 0.2) is 36.4 Å². The molecular formula is C22H24N2O4. The molecule has 0 radical (unpaired) electrons. The molecule has 0 spiro atoms. The zero-order valence-corrected chi connectivity index (χ0v) is 16.1. The molecule has 1 aromatic carbocycles. The fraction of sp³-hybridized carbons (Fsp3) is 0.500. The molecule has 4 aliphatic carbocycles. The molecule has 5 aliphatic rings. The maximum Gasteiger partial charge on any atom is 0.235 e. The Morgan fingerprint density at radius 2 is 1.64 bits per heavy atom. The smallest absolute Gasteiger partial charge is 0.235 e. The van der Waals surface area contributed by atoms with E-state index in [-0.39, 0.29) is 48.1 Å². The standard InChI is InChI=1S/C22H24N2O4/c1-3-28-14-6-4-13(5-7-14)23(12(2)25)11-24-21(26)19-15-8-9-16(18-10-17(15)18)20(19)22(24)27/h4-9,15-20H,3,10-11H2,1-2H3/t15-,16-,17-,18-,19-,20+/m0/s1. The minimum absolute atomic E-state index is 0.0250. The molecule has 0 aromatic heterocycles. The van der Waals surface area contributed by atoms with Crippen LogP contribution >= 0.6 is 0 Å². The summed E-state index contributed by atoms with van der Waals surface area (Å²) in [4.78, 5) is 41.4. The van der Waals surface area contributed by atoms with Gasteiger partial charge in [-0.1, -0.05) is 12.2 Å². The summed E-state index contributed by atoms with van der Waals surface area (Å²) >= 11 is 0. The Morgan fingerprint density at radius 1 is 1.07 bits per heavy atom. The highest BCUT2D eigenvalue weighted by Crippen LogP contribution is 2.65. The molecule has 146 valence electrons. The number of nitrogens with zero attached hydrogens (tertiary/aromatic N) is 2. The van der Waals surface area contributed by atoms with E-state index in [1.54, 1.807) is 24.3 Å². The van der Waals surface area contributed by atoms with Crippen molar-refractivity contribution in [1.82, 2.24) is 4.90 Å². The van der Waals surface area contributed by atoms with Crippen LogP contribution in [0.1, 0.15) is 20.3 Å². The third-order valence-electron chi connectivity index (χ3n) is 6.88. The van der Waals surface area contributed by atoms with Crippen LogP contribution in [0.3, 0.4) is 0 Å². The van der Waals surface area contributed by atoms with Gasteiger partial charge in [-0.25, -0.2) is 0 Å². The van der Waals surface area contributed by atoms with Crippen LogP contribution in [0.25, 0.3) is 0 Å². The number of hydrogen-bond donors (Lipinski definition) is 0. The largest absolute Gasteiger partial charge is 0.494 e. The molecule has 6 nitrogen and oxygen atoms in total. The first-order valence-electron chi connectivity index (χ1n) is 10.1. The van der Waals surface area contributed by atoms with E-state index >= 15 is 0 Å². The number of anilines is 1. The summed E-state index contributed by atoms with van der Waals surface area (Å²) in [5.74, 6) is 1.34. The molecular weight excluding hydrogens is 356 g/mol. The second-order valence-electron chi connectivity index (χ2n) is 8.27. The van der Waals surface area contributed by atoms with Gasteiger partial charge in [0.05, 0.1) is 18.4 Å². The average molecular weight is 380 g/mol. The number of rotatable bonds is 5. The van der Waals surface area contributed by atoms with E-state index in [4.69, 9.17) is 4.74 Å². The molecule has 0 N–H and O–H groups in total. The second-order valence-corrected chi connectivity index (χ2v) is 8.27. The Bertz CT molecular complexity index is 841. The highest BCUT2D eigenvalue weighted by molar-refractivity contribution is 6.07. The number of carbonyl (C=O) groups is 3. The lowest BCUT2D eigenvalue weighted by molar-refractivity contribution is -0.140. The van der Waals surface area contributed by atoms with Crippen molar-refractivity contribution in [3.8, 4) is 5.75 Å². The van der Waals surface area contributed by atoms with E-state index in [9.17, 15) is 14.4 Å². The molecule has 2 saturated carbocycles. The van der Waals surface area contributed by atoms with Crippen LogP contribution in [0.5, 0.6) is 5.75 Å². The van der Waals surface area contributed by atoms with E-state index in [0.717, 1.165) is 12.2 Å². The zero-order chi connectivity index (χ0) is 19.6. The van der Waals surface area contributed by atoms with Gasteiger partial charge in [0.1, 0.15) is 12.4 Å². The predicted octanol–water partition coefficient (Wildman–Crippen LogP) is 2.45. The first-order chi connectivity index (χ1) is 13.5. The van der Waals surface area contributed by atoms with Crippen molar-refractivity contribution in [3.63, 3.8) is 0 Å². The van der Waals surface area contributed by atoms with Gasteiger partial charge in [0.25, 0.3) is 0 Å². The van der Waals surface area contributed by atoms with Crippen molar-refractivity contribution in [2.24, 2.45) is 35.5 Å². The number of benzene rings is 1. The quantitative estimate of drug-likeness (QED) is 0.581. The van der Waals surface area contributed by atoms with E-state index in [2.05, 4.69) is 12.2 Å². The van der Waals surface area contributed by atoms with Gasteiger partial charge in [0, 0.05) is 12.6 Å². The Hall–Kier alpha value is -2.63. The van der Waals surface area contributed by atoms with Gasteiger partial charge in [-0.2, -0.15) is 0 Å². The molecule has 1 aliphatic heterocycles. The predicted molar refractivity (Wildman–Crippen MR) is 102 cm³/mol. The molecule has 1 heterocycles. The van der Waals surface area contributed by atoms with Crippen LogP contribution in [-0.2, 0) is 14.4 Å². The Balaban J connectivity index is 1.39. The van der Waals surface area contributed by atoms with Crippen LogP contribution < -0.4 is 9.64 Å². The van der Waals surface area contributed by atoms with E-state index in [0.29, 0.717) is 24.1 Å². The number of ether oxygens (including phenoxy) is 1. The second kappa shape index (κ2) is 6.19. The normalized spacial score (nSPS) is 34.3. The number of carbonyl (C=O) groups excluding carboxylic acids is 3.